The molecule has 1 aliphatic heterocycles. The maximum atomic E-state index is 15.1. The Balaban J connectivity index is 1.33. The predicted molar refractivity (Wildman–Crippen MR) is 144 cm³/mol. The van der Waals surface area contributed by atoms with E-state index in [-0.39, 0.29) is 48.1 Å². The van der Waals surface area contributed by atoms with Crippen LogP contribution in [0, 0.1) is 11.7 Å². The van der Waals surface area contributed by atoms with Gasteiger partial charge < -0.3 is 19.6 Å². The van der Waals surface area contributed by atoms with Crippen LogP contribution in [0.25, 0.3) is 16.2 Å². The number of ketones is 1. The highest BCUT2D eigenvalue weighted by molar-refractivity contribution is 7.12. The molecule has 1 N–H and O–H groups in total. The molecule has 4 aromatic rings. The van der Waals surface area contributed by atoms with Crippen LogP contribution in [0.1, 0.15) is 16.1 Å². The van der Waals surface area contributed by atoms with Crippen molar-refractivity contribution in [1.82, 2.24) is 19.5 Å². The van der Waals surface area contributed by atoms with Crippen LogP contribution in [0.3, 0.4) is 0 Å². The minimum atomic E-state index is -1.43. The van der Waals surface area contributed by atoms with Gasteiger partial charge in [-0.05, 0) is 18.2 Å². The number of fused-ring (bicyclic) bond motifs is 1. The van der Waals surface area contributed by atoms with Gasteiger partial charge in [-0.15, -0.1) is 11.3 Å². The highest BCUT2D eigenvalue weighted by Crippen LogP contribution is 2.29. The molecule has 5 rings (SSSR count). The molecule has 4 aromatic heterocycles. The smallest absolute Gasteiger partial charge is 0.341 e. The standard InChI is InChI=1S/C26H25FN6O5S/c1-31(6-7-38-2)17-4-3-16(29-11-17)9-21(34)15-12-32(13-15)24-20(27)10-18-22(35)19(25(36)37)14-33(23(18)30-24)26-28-5-8-39-26/h3-5,8,10-11,14-15H,6-7,9,12-13H2,1-2H3,(H,36,37). The van der Waals surface area contributed by atoms with Crippen molar-refractivity contribution in [3.05, 3.63) is 69.5 Å². The Labute approximate surface area is 226 Å². The van der Waals surface area contributed by atoms with Gasteiger partial charge in [0.1, 0.15) is 11.3 Å². The third-order valence-electron chi connectivity index (χ3n) is 6.64. The van der Waals surface area contributed by atoms with Gasteiger partial charge >= 0.3 is 5.97 Å². The number of nitrogens with zero attached hydrogens (tertiary/aromatic N) is 6. The number of pyridine rings is 3. The van der Waals surface area contributed by atoms with E-state index >= 15 is 4.39 Å². The number of thiazole rings is 1. The van der Waals surface area contributed by atoms with Crippen LogP contribution < -0.4 is 15.2 Å². The zero-order chi connectivity index (χ0) is 27.7. The Bertz CT molecular complexity index is 1590. The van der Waals surface area contributed by atoms with Crippen LogP contribution in [-0.2, 0) is 16.0 Å². The summed E-state index contributed by atoms with van der Waals surface area (Å²) in [6.45, 7) is 1.84. The average Bonchev–Trinajstić information content (AvgIpc) is 3.42. The highest BCUT2D eigenvalue weighted by atomic mass is 32.1. The van der Waals surface area contributed by atoms with Crippen molar-refractivity contribution in [2.75, 3.05) is 50.2 Å². The number of ether oxygens (including phenoxy) is 1. The minimum Gasteiger partial charge on any atom is -0.477 e. The van der Waals surface area contributed by atoms with Gasteiger partial charge in [-0.25, -0.2) is 19.2 Å². The lowest BCUT2D eigenvalue weighted by Crippen LogP contribution is -2.51. The summed E-state index contributed by atoms with van der Waals surface area (Å²) in [6, 6.07) is 4.73. The number of carboxylic acids is 1. The summed E-state index contributed by atoms with van der Waals surface area (Å²) < 4.78 is 21.6. The summed E-state index contributed by atoms with van der Waals surface area (Å²) >= 11 is 1.22. The zero-order valence-corrected chi connectivity index (χ0v) is 22.0. The summed E-state index contributed by atoms with van der Waals surface area (Å²) in [5, 5.41) is 11.4. The van der Waals surface area contributed by atoms with Gasteiger partial charge in [-0.2, -0.15) is 0 Å². The number of rotatable bonds is 10. The summed E-state index contributed by atoms with van der Waals surface area (Å²) in [7, 11) is 3.58. The fourth-order valence-corrected chi connectivity index (χ4v) is 4.97. The number of methoxy groups -OCH3 is 1. The number of aromatic carboxylic acids is 1. The predicted octanol–water partition coefficient (Wildman–Crippen LogP) is 2.41. The number of aromatic nitrogens is 4. The van der Waals surface area contributed by atoms with E-state index in [2.05, 4.69) is 15.0 Å². The fraction of sp³-hybridized carbons (Fsp3) is 0.308. The molecule has 1 aliphatic rings. The molecule has 0 spiro atoms. The second kappa shape index (κ2) is 10.9. The van der Waals surface area contributed by atoms with Gasteiger partial charge in [-0.3, -0.25) is 19.1 Å². The van der Waals surface area contributed by atoms with E-state index in [4.69, 9.17) is 4.74 Å². The molecule has 0 amide bonds. The van der Waals surface area contributed by atoms with E-state index in [1.54, 1.807) is 23.6 Å². The van der Waals surface area contributed by atoms with Gasteiger partial charge in [0.05, 0.1) is 29.8 Å². The van der Waals surface area contributed by atoms with Gasteiger partial charge in [0.15, 0.2) is 22.4 Å². The van der Waals surface area contributed by atoms with Gasteiger partial charge in [0, 0.05) is 63.7 Å². The quantitative estimate of drug-likeness (QED) is 0.313. The average molecular weight is 553 g/mol. The molecule has 0 radical (unpaired) electrons. The normalized spacial score (nSPS) is 13.5. The van der Waals surface area contributed by atoms with Crippen molar-refractivity contribution in [2.24, 2.45) is 5.92 Å². The molecule has 0 saturated carbocycles. The largest absolute Gasteiger partial charge is 0.477 e. The molecule has 0 aromatic carbocycles. The van der Waals surface area contributed by atoms with E-state index in [1.807, 2.05) is 24.1 Å². The molecule has 1 fully saturated rings. The van der Waals surface area contributed by atoms with Gasteiger partial charge in [-0.1, -0.05) is 0 Å². The molecule has 5 heterocycles. The number of anilines is 2. The van der Waals surface area contributed by atoms with Crippen LogP contribution in [0.4, 0.5) is 15.9 Å². The molecule has 0 bridgehead atoms. The fourth-order valence-electron chi connectivity index (χ4n) is 4.35. The minimum absolute atomic E-state index is 0.00812. The van der Waals surface area contributed by atoms with E-state index < -0.39 is 22.8 Å². The number of carbonyl (C=O) groups excluding carboxylic acids is 1. The third kappa shape index (κ3) is 5.22. The molecule has 0 atom stereocenters. The summed E-state index contributed by atoms with van der Waals surface area (Å²) in [5.41, 5.74) is 0.320. The number of likely N-dealkylation sites (N-methyl/N-ethyl adjacent to an activating group) is 1. The second-order valence-electron chi connectivity index (χ2n) is 9.19. The Morgan fingerprint density at radius 3 is 2.72 bits per heavy atom. The van der Waals surface area contributed by atoms with E-state index in [1.165, 1.54) is 22.1 Å². The first-order chi connectivity index (χ1) is 18.8. The Kier molecular flexibility index (Phi) is 7.35. The number of hydrogen-bond acceptors (Lipinski definition) is 10. The van der Waals surface area contributed by atoms with Crippen molar-refractivity contribution in [3.8, 4) is 5.13 Å². The number of hydrogen-bond donors (Lipinski definition) is 1. The van der Waals surface area contributed by atoms with Crippen molar-refractivity contribution in [2.45, 2.75) is 6.42 Å². The lowest BCUT2D eigenvalue weighted by molar-refractivity contribution is -0.123. The maximum Gasteiger partial charge on any atom is 0.341 e. The van der Waals surface area contributed by atoms with E-state index in [0.717, 1.165) is 18.0 Å². The Morgan fingerprint density at radius 2 is 2.08 bits per heavy atom. The zero-order valence-electron chi connectivity index (χ0n) is 21.2. The first-order valence-corrected chi connectivity index (χ1v) is 13.0. The van der Waals surface area contributed by atoms with E-state index in [9.17, 15) is 19.5 Å². The summed E-state index contributed by atoms with van der Waals surface area (Å²) in [6.07, 6.45) is 4.56. The molecular formula is C26H25FN6O5S. The highest BCUT2D eigenvalue weighted by Gasteiger charge is 2.35. The van der Waals surface area contributed by atoms with Crippen LogP contribution in [-0.4, -0.2) is 76.8 Å². The SMILES string of the molecule is COCCN(C)c1ccc(CC(=O)C2CN(c3nc4c(cc3F)c(=O)c(C(=O)O)cn4-c3nccs3)C2)nc1. The van der Waals surface area contributed by atoms with Crippen molar-refractivity contribution in [3.63, 3.8) is 0 Å². The first-order valence-electron chi connectivity index (χ1n) is 12.1. The van der Waals surface area contributed by atoms with Crippen LogP contribution in [0.2, 0.25) is 0 Å². The molecule has 1 saturated heterocycles. The van der Waals surface area contributed by atoms with Crippen LogP contribution >= 0.6 is 11.3 Å². The lowest BCUT2D eigenvalue weighted by Gasteiger charge is -2.39. The molecule has 39 heavy (non-hydrogen) atoms. The first kappa shape index (κ1) is 26.4. The van der Waals surface area contributed by atoms with E-state index in [0.29, 0.717) is 24.0 Å². The molecule has 11 nitrogen and oxygen atoms in total. The molecule has 0 aliphatic carbocycles. The van der Waals surface area contributed by atoms with Crippen molar-refractivity contribution < 1.29 is 23.8 Å². The van der Waals surface area contributed by atoms with Crippen LogP contribution in [0.15, 0.2) is 47.0 Å². The van der Waals surface area contributed by atoms with Gasteiger partial charge in [0.25, 0.3) is 0 Å². The second-order valence-corrected chi connectivity index (χ2v) is 10.1. The molecule has 13 heteroatoms. The van der Waals surface area contributed by atoms with Crippen LogP contribution in [0.5, 0.6) is 0 Å². The Hall–Kier alpha value is -4.23. The monoisotopic (exact) mass is 552 g/mol. The van der Waals surface area contributed by atoms with Crippen molar-refractivity contribution >= 4 is 45.6 Å². The molecule has 0 unspecified atom stereocenters. The number of halogens is 1. The lowest BCUT2D eigenvalue weighted by atomic mass is 9.92. The topological polar surface area (TPSA) is 131 Å². The summed E-state index contributed by atoms with van der Waals surface area (Å²) in [5.74, 6) is -2.54. The van der Waals surface area contributed by atoms with Gasteiger partial charge in [0.2, 0.25) is 5.43 Å². The molecule has 202 valence electrons. The Morgan fingerprint density at radius 1 is 1.28 bits per heavy atom. The number of carbonyl (C=O) groups is 2. The summed E-state index contributed by atoms with van der Waals surface area (Å²) in [4.78, 5) is 53.8. The molecular weight excluding hydrogens is 527 g/mol. The maximum absolute atomic E-state index is 15.1. The number of Topliss-reactive ketones (excluding diaryl/α,β-unsaturated/α-hetero) is 1. The third-order valence-corrected chi connectivity index (χ3v) is 7.41. The van der Waals surface area contributed by atoms with Crippen molar-refractivity contribution in [1.29, 1.82) is 0 Å². The number of carboxylic acid groups (broad SMARTS) is 1.